The van der Waals surface area contributed by atoms with E-state index in [1.807, 2.05) is 6.08 Å². The van der Waals surface area contributed by atoms with E-state index >= 15 is 0 Å². The standard InChI is InChI=1S/C17H22O4/c1-4-6-7-8-15(17(19)20-3)13-9-11-14(12-10-13)16(18)21-5-2/h8-12H,4-7H2,1-3H3/b15-8-. The fourth-order valence-electron chi connectivity index (χ4n) is 1.88. The molecule has 0 spiro atoms. The van der Waals surface area contributed by atoms with E-state index in [-0.39, 0.29) is 11.9 Å². The van der Waals surface area contributed by atoms with Gasteiger partial charge in [0.25, 0.3) is 0 Å². The van der Waals surface area contributed by atoms with E-state index in [4.69, 9.17) is 9.47 Å². The van der Waals surface area contributed by atoms with Crippen LogP contribution in [0.2, 0.25) is 0 Å². The molecule has 0 bridgehead atoms. The number of hydrogen-bond acceptors (Lipinski definition) is 4. The van der Waals surface area contributed by atoms with Crippen molar-refractivity contribution in [2.75, 3.05) is 13.7 Å². The van der Waals surface area contributed by atoms with Gasteiger partial charge in [0, 0.05) is 0 Å². The zero-order valence-electron chi connectivity index (χ0n) is 12.8. The van der Waals surface area contributed by atoms with Crippen molar-refractivity contribution in [3.05, 3.63) is 41.5 Å². The van der Waals surface area contributed by atoms with E-state index in [2.05, 4.69) is 6.92 Å². The molecule has 0 saturated carbocycles. The minimum absolute atomic E-state index is 0.338. The summed E-state index contributed by atoms with van der Waals surface area (Å²) in [6, 6.07) is 6.79. The monoisotopic (exact) mass is 290 g/mol. The van der Waals surface area contributed by atoms with Crippen LogP contribution in [-0.4, -0.2) is 25.7 Å². The van der Waals surface area contributed by atoms with Gasteiger partial charge in [-0.3, -0.25) is 0 Å². The molecule has 0 amide bonds. The van der Waals surface area contributed by atoms with Crippen LogP contribution >= 0.6 is 0 Å². The molecule has 0 radical (unpaired) electrons. The van der Waals surface area contributed by atoms with Crippen molar-refractivity contribution in [1.82, 2.24) is 0 Å². The lowest BCUT2D eigenvalue weighted by Gasteiger charge is -2.07. The van der Waals surface area contributed by atoms with Crippen LogP contribution in [0.15, 0.2) is 30.3 Å². The zero-order valence-corrected chi connectivity index (χ0v) is 12.8. The van der Waals surface area contributed by atoms with Gasteiger partial charge in [-0.2, -0.15) is 0 Å². The second kappa shape index (κ2) is 8.95. The lowest BCUT2D eigenvalue weighted by atomic mass is 10.0. The van der Waals surface area contributed by atoms with Crippen molar-refractivity contribution in [3.8, 4) is 0 Å². The number of carbonyl (C=O) groups excluding carboxylic acids is 2. The summed E-state index contributed by atoms with van der Waals surface area (Å²) >= 11 is 0. The number of unbranched alkanes of at least 4 members (excludes halogenated alkanes) is 2. The molecule has 21 heavy (non-hydrogen) atoms. The number of rotatable bonds is 7. The first-order valence-electron chi connectivity index (χ1n) is 7.20. The van der Waals surface area contributed by atoms with E-state index in [0.29, 0.717) is 17.7 Å². The molecular weight excluding hydrogens is 268 g/mol. The fourth-order valence-corrected chi connectivity index (χ4v) is 1.88. The first-order valence-corrected chi connectivity index (χ1v) is 7.20. The van der Waals surface area contributed by atoms with Crippen molar-refractivity contribution in [2.45, 2.75) is 33.1 Å². The van der Waals surface area contributed by atoms with Gasteiger partial charge in [0.1, 0.15) is 0 Å². The first kappa shape index (κ1) is 17.0. The third-order valence-corrected chi connectivity index (χ3v) is 3.02. The van der Waals surface area contributed by atoms with E-state index in [1.54, 1.807) is 31.2 Å². The van der Waals surface area contributed by atoms with E-state index in [9.17, 15) is 9.59 Å². The molecule has 0 aromatic heterocycles. The summed E-state index contributed by atoms with van der Waals surface area (Å²) in [4.78, 5) is 23.4. The Morgan fingerprint density at radius 3 is 2.24 bits per heavy atom. The average molecular weight is 290 g/mol. The highest BCUT2D eigenvalue weighted by molar-refractivity contribution is 6.16. The first-order chi connectivity index (χ1) is 10.1. The van der Waals surface area contributed by atoms with Crippen LogP contribution in [0, 0.1) is 0 Å². The Hall–Kier alpha value is -2.10. The molecule has 0 atom stereocenters. The van der Waals surface area contributed by atoms with Gasteiger partial charge in [0.15, 0.2) is 0 Å². The summed E-state index contributed by atoms with van der Waals surface area (Å²) in [6.07, 6.45) is 4.78. The molecule has 4 heteroatoms. The summed E-state index contributed by atoms with van der Waals surface area (Å²) in [6.45, 7) is 4.20. The van der Waals surface area contributed by atoms with Gasteiger partial charge in [-0.05, 0) is 31.0 Å². The van der Waals surface area contributed by atoms with E-state index < -0.39 is 0 Å². The number of benzene rings is 1. The number of esters is 2. The fraction of sp³-hybridized carbons (Fsp3) is 0.412. The van der Waals surface area contributed by atoms with Crippen LogP contribution in [0.3, 0.4) is 0 Å². The lowest BCUT2D eigenvalue weighted by Crippen LogP contribution is -2.06. The molecule has 0 unspecified atom stereocenters. The molecule has 4 nitrogen and oxygen atoms in total. The van der Waals surface area contributed by atoms with Crippen molar-refractivity contribution in [2.24, 2.45) is 0 Å². The molecule has 1 rings (SSSR count). The van der Waals surface area contributed by atoms with Crippen LogP contribution in [0.5, 0.6) is 0 Å². The Kier molecular flexibility index (Phi) is 7.23. The maximum atomic E-state index is 11.8. The Morgan fingerprint density at radius 2 is 1.71 bits per heavy atom. The highest BCUT2D eigenvalue weighted by atomic mass is 16.5. The normalized spacial score (nSPS) is 11.1. The molecular formula is C17H22O4. The van der Waals surface area contributed by atoms with Crippen molar-refractivity contribution < 1.29 is 19.1 Å². The molecule has 1 aromatic carbocycles. The van der Waals surface area contributed by atoms with Crippen LogP contribution in [0.1, 0.15) is 49.0 Å². The van der Waals surface area contributed by atoms with Crippen LogP contribution in [0.4, 0.5) is 0 Å². The minimum atomic E-state index is -0.366. The molecule has 0 aliphatic rings. The Labute approximate surface area is 125 Å². The smallest absolute Gasteiger partial charge is 0.338 e. The second-order valence-electron chi connectivity index (χ2n) is 4.55. The summed E-state index contributed by atoms with van der Waals surface area (Å²) in [7, 11) is 1.36. The van der Waals surface area contributed by atoms with Gasteiger partial charge in [0.2, 0.25) is 0 Å². The largest absolute Gasteiger partial charge is 0.465 e. The number of carbonyl (C=O) groups is 2. The summed E-state index contributed by atoms with van der Waals surface area (Å²) in [5.41, 5.74) is 1.74. The lowest BCUT2D eigenvalue weighted by molar-refractivity contribution is -0.133. The molecule has 0 N–H and O–H groups in total. The van der Waals surface area contributed by atoms with Crippen molar-refractivity contribution >= 4 is 17.5 Å². The average Bonchev–Trinajstić information content (AvgIpc) is 2.51. The Morgan fingerprint density at radius 1 is 1.10 bits per heavy atom. The van der Waals surface area contributed by atoms with Gasteiger partial charge in [0.05, 0.1) is 24.9 Å². The number of allylic oxidation sites excluding steroid dienone is 1. The number of hydrogen-bond donors (Lipinski definition) is 0. The third-order valence-electron chi connectivity index (χ3n) is 3.02. The zero-order chi connectivity index (χ0) is 15.7. The molecule has 1 aromatic rings. The molecule has 0 heterocycles. The van der Waals surface area contributed by atoms with Crippen LogP contribution < -0.4 is 0 Å². The topological polar surface area (TPSA) is 52.6 Å². The second-order valence-corrected chi connectivity index (χ2v) is 4.55. The highest BCUT2D eigenvalue weighted by Gasteiger charge is 2.13. The maximum Gasteiger partial charge on any atom is 0.338 e. The Balaban J connectivity index is 2.96. The molecule has 0 saturated heterocycles. The molecule has 0 aliphatic heterocycles. The SMILES string of the molecule is CCCC/C=C(\C(=O)OC)c1ccc(C(=O)OCC)cc1. The van der Waals surface area contributed by atoms with E-state index in [1.165, 1.54) is 7.11 Å². The quantitative estimate of drug-likeness (QED) is 0.437. The van der Waals surface area contributed by atoms with Gasteiger partial charge in [-0.15, -0.1) is 0 Å². The van der Waals surface area contributed by atoms with Crippen molar-refractivity contribution in [1.29, 1.82) is 0 Å². The van der Waals surface area contributed by atoms with Gasteiger partial charge >= 0.3 is 11.9 Å². The summed E-state index contributed by atoms with van der Waals surface area (Å²) in [5.74, 6) is -0.728. The predicted molar refractivity (Wildman–Crippen MR) is 81.9 cm³/mol. The minimum Gasteiger partial charge on any atom is -0.465 e. The predicted octanol–water partition coefficient (Wildman–Crippen LogP) is 3.61. The van der Waals surface area contributed by atoms with Gasteiger partial charge in [-0.25, -0.2) is 9.59 Å². The summed E-state index contributed by atoms with van der Waals surface area (Å²) in [5, 5.41) is 0. The highest BCUT2D eigenvalue weighted by Crippen LogP contribution is 2.19. The molecule has 0 aliphatic carbocycles. The molecule has 114 valence electrons. The number of ether oxygens (including phenoxy) is 2. The van der Waals surface area contributed by atoms with E-state index in [0.717, 1.165) is 24.8 Å². The molecule has 0 fully saturated rings. The van der Waals surface area contributed by atoms with Gasteiger partial charge < -0.3 is 9.47 Å². The third kappa shape index (κ3) is 5.06. The van der Waals surface area contributed by atoms with Crippen LogP contribution in [-0.2, 0) is 14.3 Å². The van der Waals surface area contributed by atoms with Crippen LogP contribution in [0.25, 0.3) is 5.57 Å². The van der Waals surface area contributed by atoms with Crippen molar-refractivity contribution in [3.63, 3.8) is 0 Å². The van der Waals surface area contributed by atoms with Gasteiger partial charge in [-0.1, -0.05) is 38.0 Å². The maximum absolute atomic E-state index is 11.8. The Bertz CT molecular complexity index is 500. The summed E-state index contributed by atoms with van der Waals surface area (Å²) < 4.78 is 9.75. The number of methoxy groups -OCH3 is 1.